The largest absolute Gasteiger partial charge is 0.493 e. The molecule has 0 atom stereocenters. The van der Waals surface area contributed by atoms with Gasteiger partial charge in [0.2, 0.25) is 0 Å². The van der Waals surface area contributed by atoms with E-state index < -0.39 is 0 Å². The first-order chi connectivity index (χ1) is 13.7. The van der Waals surface area contributed by atoms with Crippen LogP contribution in [0.15, 0.2) is 55.1 Å². The summed E-state index contributed by atoms with van der Waals surface area (Å²) in [6, 6.07) is 12.9. The van der Waals surface area contributed by atoms with Crippen LogP contribution in [0.5, 0.6) is 11.5 Å². The molecular weight excluding hydrogens is 355 g/mol. The van der Waals surface area contributed by atoms with E-state index in [0.29, 0.717) is 24.1 Å². The number of nitrogens with zero attached hydrogens (tertiary/aromatic N) is 1. The molecule has 0 saturated carbocycles. The Morgan fingerprint density at radius 3 is 2.50 bits per heavy atom. The Labute approximate surface area is 167 Å². The molecule has 2 aromatic rings. The van der Waals surface area contributed by atoms with Crippen molar-refractivity contribution in [3.05, 3.63) is 72.1 Å². The molecule has 4 nitrogen and oxygen atoms in total. The first-order valence-electron chi connectivity index (χ1n) is 9.78. The Morgan fingerprint density at radius 2 is 1.82 bits per heavy atom. The van der Waals surface area contributed by atoms with Crippen LogP contribution < -0.4 is 14.8 Å². The Bertz CT molecular complexity index is 756. The summed E-state index contributed by atoms with van der Waals surface area (Å²) >= 11 is 0. The van der Waals surface area contributed by atoms with Gasteiger partial charge in [0.05, 0.1) is 7.11 Å². The van der Waals surface area contributed by atoms with Crippen molar-refractivity contribution in [1.29, 1.82) is 0 Å². The van der Waals surface area contributed by atoms with E-state index in [-0.39, 0.29) is 5.82 Å². The normalized spacial score (nSPS) is 15.4. The third kappa shape index (κ3) is 5.81. The van der Waals surface area contributed by atoms with Crippen LogP contribution >= 0.6 is 0 Å². The smallest absolute Gasteiger partial charge is 0.161 e. The third-order valence-corrected chi connectivity index (χ3v) is 5.11. The Balaban J connectivity index is 1.51. The van der Waals surface area contributed by atoms with Gasteiger partial charge in [-0.2, -0.15) is 0 Å². The van der Waals surface area contributed by atoms with Crippen molar-refractivity contribution in [1.82, 2.24) is 10.2 Å². The van der Waals surface area contributed by atoms with E-state index in [1.54, 1.807) is 19.2 Å². The van der Waals surface area contributed by atoms with Crippen LogP contribution in [0.2, 0.25) is 0 Å². The standard InChI is InChI=1S/C23H29FN2O2/c1-3-12-26-13-10-21(11-14-26)25-16-19-6-9-22(23(15-19)27-2)28-17-18-4-7-20(24)8-5-18/h3-9,15,21,25H,1,10-14,16-17H2,2H3. The van der Waals surface area contributed by atoms with Crippen molar-refractivity contribution < 1.29 is 13.9 Å². The molecule has 150 valence electrons. The van der Waals surface area contributed by atoms with Crippen molar-refractivity contribution in [2.45, 2.75) is 32.0 Å². The topological polar surface area (TPSA) is 33.7 Å². The molecule has 1 saturated heterocycles. The number of rotatable bonds is 9. The van der Waals surface area contributed by atoms with Gasteiger partial charge in [-0.1, -0.05) is 24.3 Å². The summed E-state index contributed by atoms with van der Waals surface area (Å²) in [5.41, 5.74) is 2.08. The lowest BCUT2D eigenvalue weighted by Gasteiger charge is -2.31. The zero-order valence-electron chi connectivity index (χ0n) is 16.5. The van der Waals surface area contributed by atoms with Crippen molar-refractivity contribution in [3.8, 4) is 11.5 Å². The zero-order valence-corrected chi connectivity index (χ0v) is 16.5. The summed E-state index contributed by atoms with van der Waals surface area (Å²) in [6.45, 7) is 8.20. The number of hydrogen-bond donors (Lipinski definition) is 1. The second kappa shape index (κ2) is 10.2. The Morgan fingerprint density at radius 1 is 1.11 bits per heavy atom. The number of halogens is 1. The summed E-state index contributed by atoms with van der Waals surface area (Å²) in [6.07, 6.45) is 4.29. The molecule has 5 heteroatoms. The van der Waals surface area contributed by atoms with Crippen LogP contribution in [0.1, 0.15) is 24.0 Å². The predicted octanol–water partition coefficient (Wildman–Crippen LogP) is 4.15. The molecule has 0 aromatic heterocycles. The summed E-state index contributed by atoms with van der Waals surface area (Å²) < 4.78 is 24.4. The second-order valence-electron chi connectivity index (χ2n) is 7.14. The summed E-state index contributed by atoms with van der Waals surface area (Å²) in [5.74, 6) is 1.15. The number of piperidine rings is 1. The van der Waals surface area contributed by atoms with E-state index in [2.05, 4.69) is 22.9 Å². The highest BCUT2D eigenvalue weighted by molar-refractivity contribution is 5.43. The van der Waals surface area contributed by atoms with E-state index in [4.69, 9.17) is 9.47 Å². The molecule has 2 aromatic carbocycles. The van der Waals surface area contributed by atoms with Crippen molar-refractivity contribution in [2.24, 2.45) is 0 Å². The molecule has 1 aliphatic rings. The third-order valence-electron chi connectivity index (χ3n) is 5.11. The number of likely N-dealkylation sites (tertiary alicyclic amines) is 1. The predicted molar refractivity (Wildman–Crippen MR) is 110 cm³/mol. The highest BCUT2D eigenvalue weighted by Gasteiger charge is 2.17. The van der Waals surface area contributed by atoms with E-state index in [1.165, 1.54) is 17.7 Å². The quantitative estimate of drug-likeness (QED) is 0.659. The fourth-order valence-corrected chi connectivity index (χ4v) is 3.45. The minimum atomic E-state index is -0.246. The van der Waals surface area contributed by atoms with Crippen molar-refractivity contribution in [2.75, 3.05) is 26.7 Å². The highest BCUT2D eigenvalue weighted by Crippen LogP contribution is 2.29. The molecule has 0 bridgehead atoms. The summed E-state index contributed by atoms with van der Waals surface area (Å²) in [4.78, 5) is 2.43. The number of methoxy groups -OCH3 is 1. The van der Waals surface area contributed by atoms with Crippen molar-refractivity contribution >= 4 is 0 Å². The maximum Gasteiger partial charge on any atom is 0.161 e. The molecule has 0 amide bonds. The highest BCUT2D eigenvalue weighted by atomic mass is 19.1. The molecule has 1 heterocycles. The fraction of sp³-hybridized carbons (Fsp3) is 0.391. The van der Waals surface area contributed by atoms with Gasteiger partial charge in [0.15, 0.2) is 11.5 Å². The molecule has 1 aliphatic heterocycles. The minimum absolute atomic E-state index is 0.246. The van der Waals surface area contributed by atoms with Crippen LogP contribution in [0.25, 0.3) is 0 Å². The van der Waals surface area contributed by atoms with E-state index >= 15 is 0 Å². The average Bonchev–Trinajstić information content (AvgIpc) is 2.73. The molecule has 0 radical (unpaired) electrons. The molecule has 0 aliphatic carbocycles. The van der Waals surface area contributed by atoms with Gasteiger partial charge in [-0.3, -0.25) is 4.90 Å². The molecule has 0 unspecified atom stereocenters. The van der Waals surface area contributed by atoms with Gasteiger partial charge in [-0.25, -0.2) is 4.39 Å². The van der Waals surface area contributed by atoms with Gasteiger partial charge < -0.3 is 14.8 Å². The fourth-order valence-electron chi connectivity index (χ4n) is 3.45. The first-order valence-corrected chi connectivity index (χ1v) is 9.78. The zero-order chi connectivity index (χ0) is 19.8. The Hall–Kier alpha value is -2.37. The van der Waals surface area contributed by atoms with E-state index in [1.807, 2.05) is 18.2 Å². The number of ether oxygens (including phenoxy) is 2. The average molecular weight is 384 g/mol. The number of hydrogen-bond acceptors (Lipinski definition) is 4. The molecule has 3 rings (SSSR count). The number of benzene rings is 2. The number of nitrogens with one attached hydrogen (secondary N) is 1. The molecular formula is C23H29FN2O2. The Kier molecular flexibility index (Phi) is 7.46. The lowest BCUT2D eigenvalue weighted by Crippen LogP contribution is -2.42. The van der Waals surface area contributed by atoms with Gasteiger partial charge in [0.25, 0.3) is 0 Å². The van der Waals surface area contributed by atoms with Gasteiger partial charge in [0.1, 0.15) is 12.4 Å². The van der Waals surface area contributed by atoms with Crippen LogP contribution in [0, 0.1) is 5.82 Å². The van der Waals surface area contributed by atoms with E-state index in [0.717, 1.165) is 44.6 Å². The second-order valence-corrected chi connectivity index (χ2v) is 7.14. The SMILES string of the molecule is C=CCN1CCC(NCc2ccc(OCc3ccc(F)cc3)c(OC)c2)CC1. The molecule has 1 fully saturated rings. The maximum atomic E-state index is 13.0. The van der Waals surface area contributed by atoms with Crippen LogP contribution in [0.4, 0.5) is 4.39 Å². The molecule has 28 heavy (non-hydrogen) atoms. The molecule has 0 spiro atoms. The summed E-state index contributed by atoms with van der Waals surface area (Å²) in [7, 11) is 1.65. The van der Waals surface area contributed by atoms with Gasteiger partial charge in [0, 0.05) is 19.1 Å². The first kappa shape index (κ1) is 20.4. The van der Waals surface area contributed by atoms with E-state index in [9.17, 15) is 4.39 Å². The maximum absolute atomic E-state index is 13.0. The monoisotopic (exact) mass is 384 g/mol. The molecule has 1 N–H and O–H groups in total. The van der Waals surface area contributed by atoms with Gasteiger partial charge >= 0.3 is 0 Å². The lowest BCUT2D eigenvalue weighted by molar-refractivity contribution is 0.214. The lowest BCUT2D eigenvalue weighted by atomic mass is 10.0. The van der Waals surface area contributed by atoms with Crippen LogP contribution in [-0.2, 0) is 13.2 Å². The van der Waals surface area contributed by atoms with Crippen LogP contribution in [0.3, 0.4) is 0 Å². The van der Waals surface area contributed by atoms with Crippen LogP contribution in [-0.4, -0.2) is 37.7 Å². The summed E-state index contributed by atoms with van der Waals surface area (Å²) in [5, 5.41) is 3.65. The van der Waals surface area contributed by atoms with Crippen molar-refractivity contribution in [3.63, 3.8) is 0 Å². The van der Waals surface area contributed by atoms with Gasteiger partial charge in [-0.05, 0) is 61.3 Å². The minimum Gasteiger partial charge on any atom is -0.493 e. The van der Waals surface area contributed by atoms with Gasteiger partial charge in [-0.15, -0.1) is 6.58 Å².